The van der Waals surface area contributed by atoms with Gasteiger partial charge in [0.1, 0.15) is 11.4 Å². The molecule has 0 unspecified atom stereocenters. The Balaban J connectivity index is 1.30. The largest absolute Gasteiger partial charge is 0.476 e. The third-order valence-corrected chi connectivity index (χ3v) is 7.96. The summed E-state index contributed by atoms with van der Waals surface area (Å²) in [6.07, 6.45) is 3.53. The van der Waals surface area contributed by atoms with E-state index in [0.29, 0.717) is 42.6 Å². The Morgan fingerprint density at radius 3 is 2.49 bits per heavy atom. The molecule has 0 atom stereocenters. The topological polar surface area (TPSA) is 66.0 Å². The number of piperidine rings is 1. The Morgan fingerprint density at radius 2 is 1.83 bits per heavy atom. The van der Waals surface area contributed by atoms with Gasteiger partial charge in [0, 0.05) is 57.1 Å². The number of hydrogen-bond acceptors (Lipinski definition) is 6. The van der Waals surface area contributed by atoms with Crippen LogP contribution in [0.5, 0.6) is 5.75 Å². The second kappa shape index (κ2) is 11.1. The Morgan fingerprint density at radius 1 is 1.14 bits per heavy atom. The second-order valence-corrected chi connectivity index (χ2v) is 10.9. The van der Waals surface area contributed by atoms with Crippen LogP contribution in [0.2, 0.25) is 5.02 Å². The van der Waals surface area contributed by atoms with Crippen LogP contribution in [0.25, 0.3) is 0 Å². The number of hydrogen-bond donors (Lipinski definition) is 0. The highest BCUT2D eigenvalue weighted by Crippen LogP contribution is 2.33. The first-order chi connectivity index (χ1) is 16.8. The van der Waals surface area contributed by atoms with E-state index in [2.05, 4.69) is 11.5 Å². The Hall–Kier alpha value is -2.42. The molecule has 0 bridgehead atoms. The predicted octanol–water partition coefficient (Wildman–Crippen LogP) is 4.30. The van der Waals surface area contributed by atoms with Crippen LogP contribution in [0, 0.1) is 0 Å². The summed E-state index contributed by atoms with van der Waals surface area (Å²) in [6, 6.07) is 7.19. The van der Waals surface area contributed by atoms with Crippen molar-refractivity contribution in [2.24, 2.45) is 0 Å². The van der Waals surface area contributed by atoms with Gasteiger partial charge in [-0.05, 0) is 38.8 Å². The molecular weight excluding hydrogens is 484 g/mol. The lowest BCUT2D eigenvalue weighted by Crippen LogP contribution is -2.51. The zero-order chi connectivity index (χ0) is 25.0. The molecule has 9 heteroatoms. The number of carbonyl (C=O) groups excluding carboxylic acids is 2. The maximum atomic E-state index is 13.2. The van der Waals surface area contributed by atoms with Gasteiger partial charge in [0.25, 0.3) is 11.8 Å². The van der Waals surface area contributed by atoms with E-state index in [4.69, 9.17) is 21.3 Å². The lowest BCUT2D eigenvalue weighted by Gasteiger charge is -2.36. The fourth-order valence-corrected chi connectivity index (χ4v) is 5.75. The SMILES string of the molecule is C=CCN1CCN(C(=O)c2csc(C3CCN(C(=O)C(C)(C)Oc4ccccc4Cl)CC3)n2)CC1. The Bertz CT molecular complexity index is 1060. The van der Waals surface area contributed by atoms with Crippen molar-refractivity contribution in [1.29, 1.82) is 0 Å². The quantitative estimate of drug-likeness (QED) is 0.513. The number of rotatable bonds is 7. The number of halogens is 1. The third-order valence-electron chi connectivity index (χ3n) is 6.64. The van der Waals surface area contributed by atoms with Crippen molar-refractivity contribution in [2.45, 2.75) is 38.2 Å². The van der Waals surface area contributed by atoms with E-state index in [1.165, 1.54) is 0 Å². The molecule has 2 fully saturated rings. The molecule has 2 amide bonds. The Labute approximate surface area is 216 Å². The average Bonchev–Trinajstić information content (AvgIpc) is 3.36. The van der Waals surface area contributed by atoms with Gasteiger partial charge in [-0.1, -0.05) is 29.8 Å². The number of thiazole rings is 1. The van der Waals surface area contributed by atoms with Crippen molar-refractivity contribution < 1.29 is 14.3 Å². The minimum atomic E-state index is -1.02. The molecule has 0 spiro atoms. The fourth-order valence-electron chi connectivity index (χ4n) is 4.61. The van der Waals surface area contributed by atoms with Gasteiger partial charge >= 0.3 is 0 Å². The molecule has 2 aliphatic heterocycles. The van der Waals surface area contributed by atoms with Gasteiger partial charge in [0.05, 0.1) is 10.0 Å². The van der Waals surface area contributed by atoms with Crippen LogP contribution in [0.1, 0.15) is 48.1 Å². The fraction of sp³-hybridized carbons (Fsp3) is 0.500. The number of amides is 2. The molecule has 188 valence electrons. The molecule has 1 aromatic heterocycles. The van der Waals surface area contributed by atoms with Gasteiger partial charge in [-0.15, -0.1) is 17.9 Å². The van der Waals surface area contributed by atoms with Crippen molar-refractivity contribution in [1.82, 2.24) is 19.7 Å². The molecule has 7 nitrogen and oxygen atoms in total. The molecule has 2 aromatic rings. The first kappa shape index (κ1) is 25.7. The molecule has 0 saturated carbocycles. The number of benzene rings is 1. The van der Waals surface area contributed by atoms with Crippen LogP contribution in [0.3, 0.4) is 0 Å². The minimum absolute atomic E-state index is 0.0110. The molecule has 3 heterocycles. The van der Waals surface area contributed by atoms with Crippen molar-refractivity contribution in [3.05, 3.63) is 58.0 Å². The van der Waals surface area contributed by atoms with E-state index in [1.54, 1.807) is 37.3 Å². The van der Waals surface area contributed by atoms with Gasteiger partial charge in [0.2, 0.25) is 0 Å². The van der Waals surface area contributed by atoms with E-state index < -0.39 is 5.60 Å². The van der Waals surface area contributed by atoms with Gasteiger partial charge in [0.15, 0.2) is 5.60 Å². The molecule has 35 heavy (non-hydrogen) atoms. The van der Waals surface area contributed by atoms with Crippen LogP contribution in [0.4, 0.5) is 0 Å². The standard InChI is InChI=1S/C26H33ClN4O3S/c1-4-11-29-14-16-30(17-15-29)24(32)21-18-35-23(28-21)19-9-12-31(13-10-19)25(33)26(2,3)34-22-8-6-5-7-20(22)27/h4-8,18-19H,1,9-17H2,2-3H3. The van der Waals surface area contributed by atoms with E-state index in [9.17, 15) is 9.59 Å². The number of ether oxygens (including phenoxy) is 1. The first-order valence-corrected chi connectivity index (χ1v) is 13.3. The summed E-state index contributed by atoms with van der Waals surface area (Å²) in [5.41, 5.74) is -0.483. The number of piperazine rings is 1. The summed E-state index contributed by atoms with van der Waals surface area (Å²) < 4.78 is 5.98. The zero-order valence-electron chi connectivity index (χ0n) is 20.4. The maximum Gasteiger partial charge on any atom is 0.273 e. The highest BCUT2D eigenvalue weighted by molar-refractivity contribution is 7.09. The number of carbonyl (C=O) groups is 2. The van der Waals surface area contributed by atoms with Crippen LogP contribution in [-0.2, 0) is 4.79 Å². The number of para-hydroxylation sites is 1. The minimum Gasteiger partial charge on any atom is -0.476 e. The van der Waals surface area contributed by atoms with Crippen LogP contribution in [0.15, 0.2) is 42.3 Å². The van der Waals surface area contributed by atoms with E-state index in [1.807, 2.05) is 33.4 Å². The van der Waals surface area contributed by atoms with E-state index in [0.717, 1.165) is 37.5 Å². The van der Waals surface area contributed by atoms with Gasteiger partial charge in [-0.3, -0.25) is 14.5 Å². The van der Waals surface area contributed by atoms with Gasteiger partial charge < -0.3 is 14.5 Å². The Kier molecular flexibility index (Phi) is 8.14. The molecule has 2 aliphatic rings. The van der Waals surface area contributed by atoms with Gasteiger partial charge in [-0.25, -0.2) is 4.98 Å². The molecule has 4 rings (SSSR count). The number of likely N-dealkylation sites (tertiary alicyclic amines) is 1. The number of aromatic nitrogens is 1. The molecule has 1 aromatic carbocycles. The maximum absolute atomic E-state index is 13.2. The molecule has 2 saturated heterocycles. The summed E-state index contributed by atoms with van der Waals surface area (Å²) in [7, 11) is 0. The van der Waals surface area contributed by atoms with E-state index >= 15 is 0 Å². The summed E-state index contributed by atoms with van der Waals surface area (Å²) in [4.78, 5) is 36.9. The van der Waals surface area contributed by atoms with E-state index in [-0.39, 0.29) is 17.7 Å². The van der Waals surface area contributed by atoms with Gasteiger partial charge in [-0.2, -0.15) is 0 Å². The lowest BCUT2D eigenvalue weighted by molar-refractivity contribution is -0.146. The molecular formula is C26H33ClN4O3S. The normalized spacial score (nSPS) is 17.9. The van der Waals surface area contributed by atoms with Crippen molar-refractivity contribution >= 4 is 34.8 Å². The molecule has 0 radical (unpaired) electrons. The van der Waals surface area contributed by atoms with Crippen LogP contribution in [-0.4, -0.2) is 82.9 Å². The predicted molar refractivity (Wildman–Crippen MR) is 139 cm³/mol. The lowest BCUT2D eigenvalue weighted by atomic mass is 9.96. The summed E-state index contributed by atoms with van der Waals surface area (Å²) >= 11 is 7.76. The van der Waals surface area contributed by atoms with Crippen molar-refractivity contribution in [2.75, 3.05) is 45.8 Å². The highest BCUT2D eigenvalue weighted by Gasteiger charge is 2.37. The van der Waals surface area contributed by atoms with Crippen LogP contribution < -0.4 is 4.74 Å². The number of nitrogens with zero attached hydrogens (tertiary/aromatic N) is 4. The third kappa shape index (κ3) is 6.05. The summed E-state index contributed by atoms with van der Waals surface area (Å²) in [6.45, 7) is 12.6. The summed E-state index contributed by atoms with van der Waals surface area (Å²) in [5, 5.41) is 3.35. The molecule has 0 aliphatic carbocycles. The van der Waals surface area contributed by atoms with Crippen LogP contribution >= 0.6 is 22.9 Å². The highest BCUT2D eigenvalue weighted by atomic mass is 35.5. The smallest absolute Gasteiger partial charge is 0.273 e. The molecule has 0 N–H and O–H groups in total. The average molecular weight is 517 g/mol. The van der Waals surface area contributed by atoms with Crippen molar-refractivity contribution in [3.63, 3.8) is 0 Å². The second-order valence-electron chi connectivity index (χ2n) is 9.56. The monoisotopic (exact) mass is 516 g/mol. The van der Waals surface area contributed by atoms with Crippen molar-refractivity contribution in [3.8, 4) is 5.75 Å². The first-order valence-electron chi connectivity index (χ1n) is 12.1. The zero-order valence-corrected chi connectivity index (χ0v) is 22.0. The summed E-state index contributed by atoms with van der Waals surface area (Å²) in [5.74, 6) is 0.713.